The van der Waals surface area contributed by atoms with Crippen LogP contribution in [0.4, 0.5) is 5.95 Å². The summed E-state index contributed by atoms with van der Waals surface area (Å²) in [6.07, 6.45) is 3.81. The molecule has 2 heterocycles. The van der Waals surface area contributed by atoms with Crippen LogP contribution in [-0.2, 0) is 6.42 Å². The molecule has 0 aliphatic carbocycles. The van der Waals surface area contributed by atoms with E-state index < -0.39 is 0 Å². The highest BCUT2D eigenvalue weighted by atomic mass is 15.2. The van der Waals surface area contributed by atoms with Crippen LogP contribution >= 0.6 is 0 Å². The van der Waals surface area contributed by atoms with Crippen molar-refractivity contribution in [3.8, 4) is 0 Å². The normalized spacial score (nSPS) is 11.3. The minimum atomic E-state index is 0.571. The van der Waals surface area contributed by atoms with E-state index in [0.29, 0.717) is 11.9 Å². The molecule has 2 rings (SSSR count). The summed E-state index contributed by atoms with van der Waals surface area (Å²) in [5.41, 5.74) is 1.88. The molecule has 0 spiro atoms. The number of nitrogens with one attached hydrogen (secondary N) is 2. The molecule has 0 fully saturated rings. The molecule has 2 aromatic heterocycles. The number of aromatic nitrogens is 4. The van der Waals surface area contributed by atoms with Gasteiger partial charge in [0.1, 0.15) is 0 Å². The summed E-state index contributed by atoms with van der Waals surface area (Å²) in [6.45, 7) is 7.39. The average molecular weight is 233 g/mol. The lowest BCUT2D eigenvalue weighted by atomic mass is 10.1. The lowest BCUT2D eigenvalue weighted by molar-refractivity contribution is 0.638. The predicted octanol–water partition coefficient (Wildman–Crippen LogP) is 2.37. The van der Waals surface area contributed by atoms with Gasteiger partial charge < -0.3 is 5.32 Å². The Balaban J connectivity index is 2.36. The van der Waals surface area contributed by atoms with Gasteiger partial charge in [0.15, 0.2) is 5.65 Å². The van der Waals surface area contributed by atoms with Crippen LogP contribution in [0.15, 0.2) is 6.20 Å². The van der Waals surface area contributed by atoms with Crippen molar-refractivity contribution in [2.45, 2.75) is 33.6 Å². The molecule has 0 atom stereocenters. The van der Waals surface area contributed by atoms with Crippen LogP contribution in [-0.4, -0.2) is 26.7 Å². The fourth-order valence-electron chi connectivity index (χ4n) is 1.75. The number of nitrogens with zero attached hydrogens (tertiary/aromatic N) is 3. The third-order valence-electron chi connectivity index (χ3n) is 2.52. The molecule has 0 amide bonds. The van der Waals surface area contributed by atoms with Crippen LogP contribution in [0.25, 0.3) is 11.0 Å². The second kappa shape index (κ2) is 5.12. The Labute approximate surface area is 101 Å². The molecule has 2 N–H and O–H groups in total. The first kappa shape index (κ1) is 11.8. The van der Waals surface area contributed by atoms with Crippen molar-refractivity contribution in [2.24, 2.45) is 5.92 Å². The maximum absolute atomic E-state index is 4.57. The summed E-state index contributed by atoms with van der Waals surface area (Å²) < 4.78 is 0. The Bertz CT molecular complexity index is 489. The van der Waals surface area contributed by atoms with Gasteiger partial charge in [-0.25, -0.2) is 4.98 Å². The zero-order valence-corrected chi connectivity index (χ0v) is 10.6. The summed E-state index contributed by atoms with van der Waals surface area (Å²) >= 11 is 0. The fraction of sp³-hybridized carbons (Fsp3) is 0.583. The first-order valence-electron chi connectivity index (χ1n) is 6.14. The average Bonchev–Trinajstić information content (AvgIpc) is 2.73. The van der Waals surface area contributed by atoms with Gasteiger partial charge in [0, 0.05) is 6.54 Å². The molecular weight excluding hydrogens is 214 g/mol. The van der Waals surface area contributed by atoms with Crippen molar-refractivity contribution in [3.63, 3.8) is 0 Å². The molecule has 2 aromatic rings. The largest absolute Gasteiger partial charge is 0.354 e. The minimum absolute atomic E-state index is 0.571. The SMILES string of the molecule is CCCNc1nc(CC(C)C)c2cn[nH]c2n1. The maximum Gasteiger partial charge on any atom is 0.224 e. The van der Waals surface area contributed by atoms with E-state index in [2.05, 4.69) is 46.3 Å². The van der Waals surface area contributed by atoms with E-state index >= 15 is 0 Å². The number of anilines is 1. The highest BCUT2D eigenvalue weighted by Gasteiger charge is 2.10. The molecule has 0 aromatic carbocycles. The summed E-state index contributed by atoms with van der Waals surface area (Å²) in [5.74, 6) is 1.27. The molecule has 0 aliphatic rings. The Morgan fingerprint density at radius 3 is 2.88 bits per heavy atom. The standard InChI is InChI=1S/C12H19N5/c1-4-5-13-12-15-10(6-8(2)3)9-7-14-17-11(9)16-12/h7-8H,4-6H2,1-3H3,(H2,13,14,15,16,17). The van der Waals surface area contributed by atoms with Crippen molar-refractivity contribution in [2.75, 3.05) is 11.9 Å². The van der Waals surface area contributed by atoms with E-state index in [1.54, 1.807) is 6.20 Å². The molecule has 0 aliphatic heterocycles. The van der Waals surface area contributed by atoms with E-state index in [-0.39, 0.29) is 0 Å². The number of hydrogen-bond acceptors (Lipinski definition) is 4. The second-order valence-corrected chi connectivity index (χ2v) is 4.65. The number of rotatable bonds is 5. The number of aromatic amines is 1. The van der Waals surface area contributed by atoms with E-state index in [1.807, 2.05) is 0 Å². The van der Waals surface area contributed by atoms with Crippen molar-refractivity contribution in [1.82, 2.24) is 20.2 Å². The van der Waals surface area contributed by atoms with Crippen molar-refractivity contribution in [3.05, 3.63) is 11.9 Å². The van der Waals surface area contributed by atoms with E-state index in [0.717, 1.165) is 36.1 Å². The van der Waals surface area contributed by atoms with Crippen LogP contribution in [0.1, 0.15) is 32.9 Å². The van der Waals surface area contributed by atoms with Crippen LogP contribution < -0.4 is 5.32 Å². The van der Waals surface area contributed by atoms with Crippen LogP contribution in [0.3, 0.4) is 0 Å². The van der Waals surface area contributed by atoms with Crippen molar-refractivity contribution in [1.29, 1.82) is 0 Å². The topological polar surface area (TPSA) is 66.5 Å². The van der Waals surface area contributed by atoms with Crippen LogP contribution in [0, 0.1) is 5.92 Å². The van der Waals surface area contributed by atoms with Gasteiger partial charge in [-0.3, -0.25) is 5.10 Å². The molecule has 5 heteroatoms. The zero-order valence-electron chi connectivity index (χ0n) is 10.6. The van der Waals surface area contributed by atoms with Gasteiger partial charge in [0.05, 0.1) is 17.3 Å². The molecule has 0 bridgehead atoms. The highest BCUT2D eigenvalue weighted by molar-refractivity contribution is 5.77. The highest BCUT2D eigenvalue weighted by Crippen LogP contribution is 2.18. The summed E-state index contributed by atoms with van der Waals surface area (Å²) in [6, 6.07) is 0. The second-order valence-electron chi connectivity index (χ2n) is 4.65. The quantitative estimate of drug-likeness (QED) is 0.832. The molecule has 0 saturated carbocycles. The van der Waals surface area contributed by atoms with Gasteiger partial charge in [-0.1, -0.05) is 20.8 Å². The Hall–Kier alpha value is -1.65. The van der Waals surface area contributed by atoms with Gasteiger partial charge in [-0.2, -0.15) is 10.1 Å². The Morgan fingerprint density at radius 1 is 1.35 bits per heavy atom. The summed E-state index contributed by atoms with van der Waals surface area (Å²) in [5, 5.41) is 11.2. The molecule has 5 nitrogen and oxygen atoms in total. The Morgan fingerprint density at radius 2 is 2.18 bits per heavy atom. The molecule has 0 saturated heterocycles. The van der Waals surface area contributed by atoms with E-state index in [4.69, 9.17) is 0 Å². The smallest absolute Gasteiger partial charge is 0.224 e. The van der Waals surface area contributed by atoms with Crippen molar-refractivity contribution >= 4 is 17.0 Å². The lowest BCUT2D eigenvalue weighted by Crippen LogP contribution is -2.07. The minimum Gasteiger partial charge on any atom is -0.354 e. The number of H-pyrrole nitrogens is 1. The van der Waals surface area contributed by atoms with E-state index in [9.17, 15) is 0 Å². The van der Waals surface area contributed by atoms with Gasteiger partial charge >= 0.3 is 0 Å². The monoisotopic (exact) mass is 233 g/mol. The van der Waals surface area contributed by atoms with Crippen LogP contribution in [0.5, 0.6) is 0 Å². The summed E-state index contributed by atoms with van der Waals surface area (Å²) in [7, 11) is 0. The molecular formula is C12H19N5. The molecule has 0 radical (unpaired) electrons. The Kier molecular flexibility index (Phi) is 3.56. The number of fused-ring (bicyclic) bond motifs is 1. The maximum atomic E-state index is 4.57. The molecule has 92 valence electrons. The first-order valence-corrected chi connectivity index (χ1v) is 6.14. The van der Waals surface area contributed by atoms with Gasteiger partial charge in [0.2, 0.25) is 5.95 Å². The first-order chi connectivity index (χ1) is 8.20. The van der Waals surface area contributed by atoms with Crippen LogP contribution in [0.2, 0.25) is 0 Å². The third kappa shape index (κ3) is 2.72. The lowest BCUT2D eigenvalue weighted by Gasteiger charge is -2.08. The van der Waals surface area contributed by atoms with Gasteiger partial charge in [-0.15, -0.1) is 0 Å². The summed E-state index contributed by atoms with van der Waals surface area (Å²) in [4.78, 5) is 8.97. The molecule has 0 unspecified atom stereocenters. The zero-order chi connectivity index (χ0) is 12.3. The molecule has 17 heavy (non-hydrogen) atoms. The van der Waals surface area contributed by atoms with Gasteiger partial charge in [-0.05, 0) is 18.8 Å². The van der Waals surface area contributed by atoms with E-state index in [1.165, 1.54) is 0 Å². The third-order valence-corrected chi connectivity index (χ3v) is 2.52. The van der Waals surface area contributed by atoms with Gasteiger partial charge in [0.25, 0.3) is 0 Å². The van der Waals surface area contributed by atoms with Crippen molar-refractivity contribution < 1.29 is 0 Å². The predicted molar refractivity (Wildman–Crippen MR) is 69.0 cm³/mol. The number of hydrogen-bond donors (Lipinski definition) is 2. The fourth-order valence-corrected chi connectivity index (χ4v) is 1.75.